The van der Waals surface area contributed by atoms with E-state index in [-0.39, 0.29) is 11.1 Å². The lowest BCUT2D eigenvalue weighted by molar-refractivity contribution is -0.136. The van der Waals surface area contributed by atoms with Crippen molar-refractivity contribution in [3.8, 4) is 0 Å². The van der Waals surface area contributed by atoms with Gasteiger partial charge in [-0.25, -0.2) is 24.5 Å². The first-order chi connectivity index (χ1) is 10.9. The average molecular weight is 370 g/mol. The van der Waals surface area contributed by atoms with Crippen molar-refractivity contribution in [1.29, 1.82) is 0 Å². The number of carboxylic acids is 1. The maximum atomic E-state index is 14.0. The lowest BCUT2D eigenvalue weighted by atomic mass is 10.1. The monoisotopic (exact) mass is 369 g/mol. The zero-order valence-electron chi connectivity index (χ0n) is 11.5. The molecule has 1 aliphatic heterocycles. The van der Waals surface area contributed by atoms with Gasteiger partial charge in [-0.1, -0.05) is 11.6 Å². The van der Waals surface area contributed by atoms with Crippen LogP contribution in [-0.2, 0) is 4.79 Å². The summed E-state index contributed by atoms with van der Waals surface area (Å²) in [5.41, 5.74) is -3.29. The average Bonchev–Trinajstić information content (AvgIpc) is 2.40. The van der Waals surface area contributed by atoms with Gasteiger partial charge in [-0.05, 0) is 6.07 Å². The van der Waals surface area contributed by atoms with E-state index < -0.39 is 57.2 Å². The molecule has 0 aromatic heterocycles. The van der Waals surface area contributed by atoms with Crippen molar-refractivity contribution in [2.24, 2.45) is 5.84 Å². The summed E-state index contributed by atoms with van der Waals surface area (Å²) in [5.74, 6) is 0.492. The summed E-state index contributed by atoms with van der Waals surface area (Å²) in [4.78, 5) is 22.9. The highest BCUT2D eigenvalue weighted by Gasteiger charge is 2.47. The Labute approximate surface area is 136 Å². The van der Waals surface area contributed by atoms with Gasteiger partial charge in [-0.3, -0.25) is 5.01 Å². The number of hydrogen-bond acceptors (Lipinski definition) is 5. The molecule has 2 rings (SSSR count). The van der Waals surface area contributed by atoms with Gasteiger partial charge >= 0.3 is 18.1 Å². The predicted octanol–water partition coefficient (Wildman–Crippen LogP) is 2.10. The minimum absolute atomic E-state index is 0.0527. The Bertz CT molecular complexity index is 767. The van der Waals surface area contributed by atoms with E-state index in [9.17, 15) is 32.4 Å². The molecule has 0 saturated carbocycles. The van der Waals surface area contributed by atoms with Crippen LogP contribution >= 0.6 is 11.6 Å². The molecule has 1 aromatic carbocycles. The number of amides is 1. The first-order valence-electron chi connectivity index (χ1n) is 6.05. The molecule has 1 unspecified atom stereocenters. The Morgan fingerprint density at radius 3 is 2.50 bits per heavy atom. The molecule has 0 aliphatic carbocycles. The van der Waals surface area contributed by atoms with E-state index in [1.54, 1.807) is 0 Å². The molecule has 130 valence electrons. The Kier molecular flexibility index (Phi) is 4.31. The number of benzene rings is 1. The third-order valence-electron chi connectivity index (χ3n) is 3.22. The van der Waals surface area contributed by atoms with Crippen LogP contribution in [0.2, 0.25) is 5.02 Å². The van der Waals surface area contributed by atoms with Crippen LogP contribution in [0.25, 0.3) is 0 Å². The lowest BCUT2D eigenvalue weighted by Gasteiger charge is -2.44. The molecule has 0 radical (unpaired) electrons. The van der Waals surface area contributed by atoms with E-state index in [0.29, 0.717) is 12.1 Å². The molecule has 0 saturated heterocycles. The van der Waals surface area contributed by atoms with Crippen LogP contribution in [0.4, 0.5) is 23.2 Å². The fourth-order valence-corrected chi connectivity index (χ4v) is 2.31. The second-order valence-electron chi connectivity index (χ2n) is 4.81. The highest BCUT2D eigenvalue weighted by atomic mass is 35.5. The third kappa shape index (κ3) is 2.94. The summed E-state index contributed by atoms with van der Waals surface area (Å²) < 4.78 is 49.8. The molecule has 1 aromatic rings. The number of allylic oxidation sites excluding steroid dienone is 1. The quantitative estimate of drug-likeness (QED) is 0.358. The topological polar surface area (TPSA) is 107 Å². The second kappa shape index (κ2) is 5.70. The Morgan fingerprint density at radius 1 is 1.42 bits per heavy atom. The number of hydrogen-bond donors (Lipinski definition) is 2. The van der Waals surface area contributed by atoms with E-state index in [2.05, 4.69) is 0 Å². The van der Waals surface area contributed by atoms with Crippen molar-refractivity contribution >= 4 is 29.2 Å². The zero-order valence-corrected chi connectivity index (χ0v) is 12.2. The normalized spacial score (nSPS) is 21.7. The Morgan fingerprint density at radius 2 is 2.00 bits per heavy atom. The van der Waals surface area contributed by atoms with E-state index in [4.69, 9.17) is 22.6 Å². The number of aromatic carboxylic acids is 1. The number of carbonyl (C=O) groups excluding carboxylic acids is 1. The number of hydroxylamine groups is 2. The standard InChI is InChI=1S/C12H8ClF4N3O4/c13-6-2-7(14)8(1-5(6)11(22)23)20(24)4-19(18)9(3-10(20)21)12(15,16)17/h1-3H,4,18H2,(H,22,23). The van der Waals surface area contributed by atoms with Crippen LogP contribution in [0.15, 0.2) is 23.9 Å². The van der Waals surface area contributed by atoms with Crippen molar-refractivity contribution in [1.82, 2.24) is 9.66 Å². The number of carbonyl (C=O) groups is 2. The van der Waals surface area contributed by atoms with Gasteiger partial charge in [0.25, 0.3) is 0 Å². The molecular weight excluding hydrogens is 362 g/mol. The van der Waals surface area contributed by atoms with Gasteiger partial charge in [0.2, 0.25) is 0 Å². The van der Waals surface area contributed by atoms with E-state index in [1.165, 1.54) is 0 Å². The first kappa shape index (κ1) is 18.1. The van der Waals surface area contributed by atoms with Crippen LogP contribution in [0.5, 0.6) is 0 Å². The van der Waals surface area contributed by atoms with Gasteiger partial charge in [0, 0.05) is 6.07 Å². The third-order valence-corrected chi connectivity index (χ3v) is 3.54. The van der Waals surface area contributed by atoms with Crippen molar-refractivity contribution < 1.29 is 32.3 Å². The number of rotatable bonds is 2. The second-order valence-corrected chi connectivity index (χ2v) is 5.21. The van der Waals surface area contributed by atoms with E-state index >= 15 is 0 Å². The molecule has 1 aliphatic rings. The summed E-state index contributed by atoms with van der Waals surface area (Å²) in [6.07, 6.45) is -5.06. The van der Waals surface area contributed by atoms with Crippen LogP contribution in [0.3, 0.4) is 0 Å². The fraction of sp³-hybridized carbons (Fsp3) is 0.167. The molecule has 0 spiro atoms. The fourth-order valence-electron chi connectivity index (χ4n) is 2.08. The van der Waals surface area contributed by atoms with Crippen LogP contribution in [0, 0.1) is 11.0 Å². The van der Waals surface area contributed by atoms with Crippen molar-refractivity contribution in [3.05, 3.63) is 45.5 Å². The predicted molar refractivity (Wildman–Crippen MR) is 73.6 cm³/mol. The summed E-state index contributed by atoms with van der Waals surface area (Å²) in [7, 11) is 0. The van der Waals surface area contributed by atoms with Gasteiger partial charge in [0.05, 0.1) is 16.7 Å². The molecule has 24 heavy (non-hydrogen) atoms. The van der Waals surface area contributed by atoms with Crippen LogP contribution in [-0.4, -0.2) is 34.8 Å². The lowest BCUT2D eigenvalue weighted by Crippen LogP contribution is -2.61. The van der Waals surface area contributed by atoms with Gasteiger partial charge in [0.1, 0.15) is 5.70 Å². The zero-order chi connectivity index (χ0) is 18.4. The van der Waals surface area contributed by atoms with Crippen LogP contribution < -0.4 is 10.5 Å². The minimum atomic E-state index is -5.00. The maximum absolute atomic E-state index is 14.0. The Hall–Kier alpha value is -2.21. The summed E-state index contributed by atoms with van der Waals surface area (Å²) >= 11 is 5.52. The Balaban J connectivity index is 2.61. The number of hydrazine groups is 1. The van der Waals surface area contributed by atoms with E-state index in [1.807, 2.05) is 0 Å². The number of nitrogens with zero attached hydrogens (tertiary/aromatic N) is 2. The van der Waals surface area contributed by atoms with Gasteiger partial charge in [0.15, 0.2) is 18.2 Å². The van der Waals surface area contributed by atoms with Gasteiger partial charge < -0.3 is 10.3 Å². The highest BCUT2D eigenvalue weighted by molar-refractivity contribution is 6.33. The smallest absolute Gasteiger partial charge is 0.433 e. The number of alkyl halides is 3. The minimum Gasteiger partial charge on any atom is -0.618 e. The molecule has 12 heteroatoms. The molecule has 7 nitrogen and oxygen atoms in total. The summed E-state index contributed by atoms with van der Waals surface area (Å²) in [5, 5.41) is 21.0. The van der Waals surface area contributed by atoms with Crippen molar-refractivity contribution in [2.45, 2.75) is 6.18 Å². The SMILES string of the molecule is NN1C[N+]([O-])(c2cc(C(=O)O)c(Cl)cc2F)C(=O)C=C1C(F)(F)F. The number of halogens is 5. The van der Waals surface area contributed by atoms with Crippen molar-refractivity contribution in [3.63, 3.8) is 0 Å². The first-order valence-corrected chi connectivity index (χ1v) is 6.43. The van der Waals surface area contributed by atoms with Crippen molar-refractivity contribution in [2.75, 3.05) is 6.67 Å². The maximum Gasteiger partial charge on any atom is 0.433 e. The molecule has 3 N–H and O–H groups in total. The molecular formula is C12H8ClF4N3O4. The van der Waals surface area contributed by atoms with Crippen LogP contribution in [0.1, 0.15) is 10.4 Å². The van der Waals surface area contributed by atoms with Gasteiger partial charge in [-0.2, -0.15) is 13.2 Å². The number of quaternary nitrogens is 1. The highest BCUT2D eigenvalue weighted by Crippen LogP contribution is 2.36. The molecule has 1 heterocycles. The van der Waals surface area contributed by atoms with Gasteiger partial charge in [-0.15, -0.1) is 0 Å². The molecule has 0 fully saturated rings. The largest absolute Gasteiger partial charge is 0.618 e. The summed E-state index contributed by atoms with van der Waals surface area (Å²) in [6.45, 7) is -1.30. The van der Waals surface area contributed by atoms with E-state index in [0.717, 1.165) is 0 Å². The molecule has 1 atom stereocenters. The molecule has 1 amide bonds. The molecule has 0 bridgehead atoms. The number of nitrogens with two attached hydrogens (primary N) is 1. The number of carboxylic acid groups (broad SMARTS) is 1. The summed E-state index contributed by atoms with van der Waals surface area (Å²) in [6, 6.07) is 0.973.